The average molecular weight is 373 g/mol. The topological polar surface area (TPSA) is 71.3 Å². The third-order valence-corrected chi connectivity index (χ3v) is 4.90. The van der Waals surface area contributed by atoms with Gasteiger partial charge in [0, 0.05) is 37.6 Å². The van der Waals surface area contributed by atoms with Crippen LogP contribution in [0.3, 0.4) is 0 Å². The van der Waals surface area contributed by atoms with Crippen LogP contribution in [0, 0.1) is 0 Å². The van der Waals surface area contributed by atoms with Crippen molar-refractivity contribution in [1.82, 2.24) is 9.88 Å². The summed E-state index contributed by atoms with van der Waals surface area (Å²) in [5.74, 6) is -0.579. The molecule has 0 unspecified atom stereocenters. The number of nitrogens with zero attached hydrogens (tertiary/aromatic N) is 1. The molecule has 0 aliphatic rings. The number of benzene rings is 1. The second-order valence-electron chi connectivity index (χ2n) is 7.14. The van der Waals surface area contributed by atoms with Crippen LogP contribution in [-0.2, 0) is 16.1 Å². The van der Waals surface area contributed by atoms with E-state index in [4.69, 9.17) is 5.11 Å². The Labute approximate surface area is 161 Å². The van der Waals surface area contributed by atoms with Gasteiger partial charge in [-0.25, -0.2) is 0 Å². The summed E-state index contributed by atoms with van der Waals surface area (Å²) in [5, 5.41) is 12.8. The van der Waals surface area contributed by atoms with Gasteiger partial charge in [-0.05, 0) is 30.4 Å². The Morgan fingerprint density at radius 3 is 2.26 bits per heavy atom. The molecular formula is C22H32N2O3. The monoisotopic (exact) mass is 372 g/mol. The van der Waals surface area contributed by atoms with E-state index in [1.165, 1.54) is 30.2 Å². The zero-order valence-corrected chi connectivity index (χ0v) is 16.2. The predicted molar refractivity (Wildman–Crippen MR) is 109 cm³/mol. The Kier molecular flexibility index (Phi) is 9.45. The number of aliphatic carboxylic acids is 1. The minimum atomic E-state index is -0.696. The van der Waals surface area contributed by atoms with E-state index >= 15 is 0 Å². The molecule has 0 saturated heterocycles. The lowest BCUT2D eigenvalue weighted by molar-refractivity contribution is -0.137. The fourth-order valence-electron chi connectivity index (χ4n) is 3.34. The van der Waals surface area contributed by atoms with E-state index in [0.29, 0.717) is 19.4 Å². The first-order valence-corrected chi connectivity index (χ1v) is 10.2. The van der Waals surface area contributed by atoms with Crippen molar-refractivity contribution < 1.29 is 14.7 Å². The maximum atomic E-state index is 12.0. The smallest absolute Gasteiger partial charge is 0.303 e. The summed E-state index contributed by atoms with van der Waals surface area (Å²) in [7, 11) is 0. The summed E-state index contributed by atoms with van der Waals surface area (Å²) in [6, 6.07) is 10.3. The third kappa shape index (κ3) is 8.29. The molecule has 0 aliphatic carbocycles. The number of aryl methyl sites for hydroxylation is 1. The lowest BCUT2D eigenvalue weighted by Gasteiger charge is -2.07. The fourth-order valence-corrected chi connectivity index (χ4v) is 3.34. The second-order valence-corrected chi connectivity index (χ2v) is 7.14. The molecule has 5 heteroatoms. The fraction of sp³-hybridized carbons (Fsp3) is 0.545. The number of carbonyl (C=O) groups excluding carboxylic acids is 1. The molecule has 1 aromatic carbocycles. The summed E-state index contributed by atoms with van der Waals surface area (Å²) in [6.07, 6.45) is 11.5. The van der Waals surface area contributed by atoms with Crippen LogP contribution in [0.1, 0.15) is 64.2 Å². The van der Waals surface area contributed by atoms with Crippen molar-refractivity contribution in [2.75, 3.05) is 6.54 Å². The summed E-state index contributed by atoms with van der Waals surface area (Å²) in [4.78, 5) is 22.4. The van der Waals surface area contributed by atoms with Crippen LogP contribution in [0.15, 0.2) is 36.5 Å². The summed E-state index contributed by atoms with van der Waals surface area (Å²) < 4.78 is 2.13. The van der Waals surface area contributed by atoms with Gasteiger partial charge in [-0.1, -0.05) is 56.7 Å². The van der Waals surface area contributed by atoms with Crippen LogP contribution in [0.4, 0.5) is 0 Å². The highest BCUT2D eigenvalue weighted by Gasteiger charge is 2.04. The van der Waals surface area contributed by atoms with Crippen molar-refractivity contribution in [3.63, 3.8) is 0 Å². The number of para-hydroxylation sites is 1. The largest absolute Gasteiger partial charge is 0.481 e. The number of hydrogen-bond acceptors (Lipinski definition) is 2. The van der Waals surface area contributed by atoms with Crippen LogP contribution >= 0.6 is 0 Å². The highest BCUT2D eigenvalue weighted by Crippen LogP contribution is 2.15. The van der Waals surface area contributed by atoms with Crippen molar-refractivity contribution in [3.8, 4) is 0 Å². The molecule has 0 fully saturated rings. The molecular weight excluding hydrogens is 340 g/mol. The quantitative estimate of drug-likeness (QED) is 0.470. The number of nitrogens with one attached hydrogen (secondary N) is 1. The Bertz CT molecular complexity index is 708. The lowest BCUT2D eigenvalue weighted by atomic mass is 10.1. The molecule has 2 N–H and O–H groups in total. The Morgan fingerprint density at radius 2 is 1.52 bits per heavy atom. The van der Waals surface area contributed by atoms with Gasteiger partial charge in [-0.2, -0.15) is 0 Å². The Morgan fingerprint density at radius 1 is 0.852 bits per heavy atom. The molecule has 0 saturated carbocycles. The zero-order chi connectivity index (χ0) is 19.3. The minimum absolute atomic E-state index is 0.117. The van der Waals surface area contributed by atoms with Gasteiger partial charge in [-0.15, -0.1) is 0 Å². The van der Waals surface area contributed by atoms with E-state index in [1.807, 2.05) is 18.3 Å². The number of amides is 1. The molecule has 1 amide bonds. The molecule has 2 rings (SSSR count). The van der Waals surface area contributed by atoms with Crippen molar-refractivity contribution >= 4 is 22.8 Å². The van der Waals surface area contributed by atoms with Crippen molar-refractivity contribution in [2.24, 2.45) is 0 Å². The molecule has 27 heavy (non-hydrogen) atoms. The van der Waals surface area contributed by atoms with E-state index in [2.05, 4.69) is 28.1 Å². The first kappa shape index (κ1) is 21.0. The van der Waals surface area contributed by atoms with Crippen molar-refractivity contribution in [3.05, 3.63) is 36.5 Å². The molecule has 2 aromatic rings. The lowest BCUT2D eigenvalue weighted by Crippen LogP contribution is -2.25. The molecule has 1 aromatic heterocycles. The molecule has 148 valence electrons. The first-order chi connectivity index (χ1) is 13.2. The average Bonchev–Trinajstić information content (AvgIpc) is 3.07. The summed E-state index contributed by atoms with van der Waals surface area (Å²) in [5.41, 5.74) is 1.17. The number of unbranched alkanes of at least 4 members (excludes halogenated alkanes) is 7. The number of carboxylic acids is 1. The SMILES string of the molecule is O=C(O)CCCCCCCCCCNC(=O)CCn1ccc2ccccc21. The van der Waals surface area contributed by atoms with E-state index < -0.39 is 5.97 Å². The Hall–Kier alpha value is -2.30. The van der Waals surface area contributed by atoms with Gasteiger partial charge in [0.25, 0.3) is 0 Å². The van der Waals surface area contributed by atoms with Gasteiger partial charge in [0.15, 0.2) is 0 Å². The predicted octanol–water partition coefficient (Wildman–Crippen LogP) is 4.74. The molecule has 0 radical (unpaired) electrons. The Balaban J connectivity index is 1.44. The summed E-state index contributed by atoms with van der Waals surface area (Å²) in [6.45, 7) is 1.46. The van der Waals surface area contributed by atoms with Crippen LogP contribution < -0.4 is 5.32 Å². The number of carboxylic acid groups (broad SMARTS) is 1. The van der Waals surface area contributed by atoms with Crippen molar-refractivity contribution in [2.45, 2.75) is 70.8 Å². The van der Waals surface area contributed by atoms with E-state index in [-0.39, 0.29) is 5.91 Å². The van der Waals surface area contributed by atoms with Gasteiger partial charge in [0.1, 0.15) is 0 Å². The summed E-state index contributed by atoms with van der Waals surface area (Å²) >= 11 is 0. The third-order valence-electron chi connectivity index (χ3n) is 4.90. The van der Waals surface area contributed by atoms with E-state index in [9.17, 15) is 9.59 Å². The molecule has 0 aliphatic heterocycles. The maximum Gasteiger partial charge on any atom is 0.303 e. The molecule has 0 atom stereocenters. The highest BCUT2D eigenvalue weighted by atomic mass is 16.4. The van der Waals surface area contributed by atoms with E-state index in [0.717, 1.165) is 38.6 Å². The minimum Gasteiger partial charge on any atom is -0.481 e. The highest BCUT2D eigenvalue weighted by molar-refractivity contribution is 5.80. The first-order valence-electron chi connectivity index (χ1n) is 10.2. The van der Waals surface area contributed by atoms with Gasteiger partial charge >= 0.3 is 5.97 Å². The van der Waals surface area contributed by atoms with Gasteiger partial charge in [-0.3, -0.25) is 9.59 Å². The van der Waals surface area contributed by atoms with Crippen LogP contribution in [0.25, 0.3) is 10.9 Å². The van der Waals surface area contributed by atoms with Crippen LogP contribution in [0.2, 0.25) is 0 Å². The molecule has 5 nitrogen and oxygen atoms in total. The standard InChI is InChI=1S/C22H32N2O3/c25-21(15-18-24-17-14-19-11-8-9-12-20(19)24)23-16-10-6-4-2-1-3-5-7-13-22(26)27/h8-9,11-12,14,17H,1-7,10,13,15-16,18H2,(H,23,25)(H,26,27). The van der Waals surface area contributed by atoms with Gasteiger partial charge in [0.05, 0.1) is 0 Å². The van der Waals surface area contributed by atoms with Crippen LogP contribution in [0.5, 0.6) is 0 Å². The maximum absolute atomic E-state index is 12.0. The number of aromatic nitrogens is 1. The van der Waals surface area contributed by atoms with Gasteiger partial charge < -0.3 is 15.0 Å². The van der Waals surface area contributed by atoms with Crippen LogP contribution in [-0.4, -0.2) is 28.1 Å². The molecule has 0 bridgehead atoms. The normalized spacial score (nSPS) is 11.0. The molecule has 1 heterocycles. The van der Waals surface area contributed by atoms with Gasteiger partial charge in [0.2, 0.25) is 5.91 Å². The van der Waals surface area contributed by atoms with Crippen molar-refractivity contribution in [1.29, 1.82) is 0 Å². The number of carbonyl (C=O) groups is 2. The number of rotatable bonds is 14. The van der Waals surface area contributed by atoms with E-state index in [1.54, 1.807) is 0 Å². The zero-order valence-electron chi connectivity index (χ0n) is 16.2. The second kappa shape index (κ2) is 12.2. The number of fused-ring (bicyclic) bond motifs is 1. The molecule has 0 spiro atoms. The number of hydrogen-bond donors (Lipinski definition) is 2.